The van der Waals surface area contributed by atoms with Crippen molar-refractivity contribution in [3.05, 3.63) is 59.4 Å². The van der Waals surface area contributed by atoms with Gasteiger partial charge in [-0.15, -0.1) is 0 Å². The summed E-state index contributed by atoms with van der Waals surface area (Å²) in [6.45, 7) is 2.01. The molecule has 0 saturated carbocycles. The number of carbonyl (C=O) groups is 1. The number of morpholine rings is 1. The summed E-state index contributed by atoms with van der Waals surface area (Å²) < 4.78 is 57.4. The van der Waals surface area contributed by atoms with Crippen LogP contribution in [0.1, 0.15) is 15.9 Å². The first-order valence-electron chi connectivity index (χ1n) is 10.2. The monoisotopic (exact) mass is 466 g/mol. The Balaban J connectivity index is 1.96. The minimum absolute atomic E-state index is 0.0107. The number of ether oxygens (including phenoxy) is 3. The first-order chi connectivity index (χ1) is 15.4. The average molecular weight is 467 g/mol. The number of rotatable bonds is 9. The summed E-state index contributed by atoms with van der Waals surface area (Å²) in [7, 11) is -1.22. The van der Waals surface area contributed by atoms with Gasteiger partial charge in [0.2, 0.25) is 10.0 Å². The van der Waals surface area contributed by atoms with E-state index in [2.05, 4.69) is 0 Å². The van der Waals surface area contributed by atoms with E-state index in [-0.39, 0.29) is 41.8 Å². The second kappa shape index (κ2) is 10.9. The molecule has 0 N–H and O–H groups in total. The van der Waals surface area contributed by atoms with Gasteiger partial charge in [-0.2, -0.15) is 4.31 Å². The van der Waals surface area contributed by atoms with Gasteiger partial charge >= 0.3 is 0 Å². The van der Waals surface area contributed by atoms with E-state index >= 15 is 0 Å². The number of sulfonamides is 1. The van der Waals surface area contributed by atoms with Crippen LogP contribution in [-0.2, 0) is 26.0 Å². The molecule has 0 atom stereocenters. The fourth-order valence-corrected chi connectivity index (χ4v) is 4.96. The van der Waals surface area contributed by atoms with Crippen molar-refractivity contribution in [2.24, 2.45) is 0 Å². The van der Waals surface area contributed by atoms with Gasteiger partial charge in [-0.25, -0.2) is 12.8 Å². The summed E-state index contributed by atoms with van der Waals surface area (Å²) in [6, 6.07) is 9.98. The molecule has 10 heteroatoms. The first kappa shape index (κ1) is 24.1. The van der Waals surface area contributed by atoms with Crippen molar-refractivity contribution in [2.45, 2.75) is 11.4 Å². The summed E-state index contributed by atoms with van der Waals surface area (Å²) in [5.41, 5.74) is 0.866. The Labute approximate surface area is 187 Å². The molecule has 1 fully saturated rings. The van der Waals surface area contributed by atoms with Crippen LogP contribution in [0.2, 0.25) is 0 Å². The fourth-order valence-electron chi connectivity index (χ4n) is 3.37. The second-order valence-corrected chi connectivity index (χ2v) is 9.13. The molecule has 0 bridgehead atoms. The minimum atomic E-state index is -4.07. The van der Waals surface area contributed by atoms with Crippen molar-refractivity contribution in [1.29, 1.82) is 0 Å². The van der Waals surface area contributed by atoms with Gasteiger partial charge in [0.15, 0.2) is 0 Å². The van der Waals surface area contributed by atoms with Gasteiger partial charge in [0.05, 0.1) is 26.9 Å². The minimum Gasteiger partial charge on any atom is -0.495 e. The van der Waals surface area contributed by atoms with Crippen molar-refractivity contribution in [1.82, 2.24) is 9.21 Å². The lowest BCUT2D eigenvalue weighted by Gasteiger charge is -2.27. The lowest BCUT2D eigenvalue weighted by Crippen LogP contribution is -2.40. The second-order valence-electron chi connectivity index (χ2n) is 7.23. The van der Waals surface area contributed by atoms with Crippen LogP contribution in [0.3, 0.4) is 0 Å². The van der Waals surface area contributed by atoms with Gasteiger partial charge in [-0.3, -0.25) is 4.79 Å². The number of hydrogen-bond acceptors (Lipinski definition) is 6. The van der Waals surface area contributed by atoms with Gasteiger partial charge < -0.3 is 19.1 Å². The smallest absolute Gasteiger partial charge is 0.254 e. The number of halogens is 1. The Kier molecular flexibility index (Phi) is 8.19. The zero-order valence-electron chi connectivity index (χ0n) is 18.1. The van der Waals surface area contributed by atoms with Crippen LogP contribution >= 0.6 is 0 Å². The summed E-state index contributed by atoms with van der Waals surface area (Å²) in [4.78, 5) is 14.4. The molecule has 1 aliphatic rings. The van der Waals surface area contributed by atoms with E-state index < -0.39 is 15.8 Å². The Hall–Kier alpha value is -2.53. The molecule has 1 aliphatic heterocycles. The SMILES string of the molecule is COCCN(Cc1ccc(F)cc1)S(=O)(=O)c1cc(C(=O)N2CCOCC2)ccc1OC. The zero-order valence-corrected chi connectivity index (χ0v) is 18.9. The maximum absolute atomic E-state index is 13.6. The Bertz CT molecular complexity index is 1020. The number of amides is 1. The van der Waals surface area contributed by atoms with Crippen LogP contribution in [0, 0.1) is 5.82 Å². The third-order valence-electron chi connectivity index (χ3n) is 5.14. The molecule has 0 aliphatic carbocycles. The molecule has 0 unspecified atom stereocenters. The third-order valence-corrected chi connectivity index (χ3v) is 7.01. The molecule has 8 nitrogen and oxygen atoms in total. The molecule has 1 amide bonds. The molecule has 0 radical (unpaired) electrons. The van der Waals surface area contributed by atoms with E-state index in [0.717, 1.165) is 0 Å². The normalized spacial score (nSPS) is 14.6. The molecule has 1 heterocycles. The maximum Gasteiger partial charge on any atom is 0.254 e. The molecule has 0 aromatic heterocycles. The zero-order chi connectivity index (χ0) is 23.1. The van der Waals surface area contributed by atoms with Gasteiger partial charge in [0, 0.05) is 38.9 Å². The van der Waals surface area contributed by atoms with Crippen molar-refractivity contribution in [2.75, 3.05) is 53.7 Å². The molecule has 174 valence electrons. The van der Waals surface area contributed by atoms with Gasteiger partial charge in [-0.05, 0) is 35.9 Å². The highest BCUT2D eigenvalue weighted by molar-refractivity contribution is 7.89. The topological polar surface area (TPSA) is 85.4 Å². The molecule has 0 spiro atoms. The van der Waals surface area contributed by atoms with Crippen LogP contribution in [0.15, 0.2) is 47.4 Å². The van der Waals surface area contributed by atoms with E-state index in [1.165, 1.54) is 54.9 Å². The molecule has 2 aromatic rings. The number of methoxy groups -OCH3 is 2. The largest absolute Gasteiger partial charge is 0.495 e. The fraction of sp³-hybridized carbons (Fsp3) is 0.409. The van der Waals surface area contributed by atoms with Crippen LogP contribution in [-0.4, -0.2) is 77.2 Å². The lowest BCUT2D eigenvalue weighted by molar-refractivity contribution is 0.0302. The van der Waals surface area contributed by atoms with E-state index in [0.29, 0.717) is 31.9 Å². The molecular weight excluding hydrogens is 439 g/mol. The number of benzene rings is 2. The van der Waals surface area contributed by atoms with E-state index in [4.69, 9.17) is 14.2 Å². The molecule has 1 saturated heterocycles. The number of nitrogens with zero attached hydrogens (tertiary/aromatic N) is 2. The van der Waals surface area contributed by atoms with Crippen LogP contribution < -0.4 is 4.74 Å². The van der Waals surface area contributed by atoms with Crippen molar-refractivity contribution in [3.63, 3.8) is 0 Å². The van der Waals surface area contributed by atoms with Crippen molar-refractivity contribution in [3.8, 4) is 5.75 Å². The molecule has 32 heavy (non-hydrogen) atoms. The lowest BCUT2D eigenvalue weighted by atomic mass is 10.2. The first-order valence-corrected chi connectivity index (χ1v) is 11.6. The number of hydrogen-bond donors (Lipinski definition) is 0. The third kappa shape index (κ3) is 5.63. The van der Waals surface area contributed by atoms with E-state index in [1.54, 1.807) is 11.0 Å². The van der Waals surface area contributed by atoms with Gasteiger partial charge in [-0.1, -0.05) is 12.1 Å². The van der Waals surface area contributed by atoms with Gasteiger partial charge in [0.25, 0.3) is 5.91 Å². The van der Waals surface area contributed by atoms with Crippen LogP contribution in [0.25, 0.3) is 0 Å². The molecular formula is C22H27FN2O6S. The summed E-state index contributed by atoms with van der Waals surface area (Å²) >= 11 is 0. The highest BCUT2D eigenvalue weighted by Crippen LogP contribution is 2.29. The Morgan fingerprint density at radius 2 is 1.81 bits per heavy atom. The number of carbonyl (C=O) groups excluding carboxylic acids is 1. The van der Waals surface area contributed by atoms with Gasteiger partial charge in [0.1, 0.15) is 16.5 Å². The summed E-state index contributed by atoms with van der Waals surface area (Å²) in [6.07, 6.45) is 0. The Morgan fingerprint density at radius 3 is 2.44 bits per heavy atom. The van der Waals surface area contributed by atoms with E-state index in [9.17, 15) is 17.6 Å². The summed E-state index contributed by atoms with van der Waals surface area (Å²) in [5.74, 6) is -0.546. The Morgan fingerprint density at radius 1 is 1.12 bits per heavy atom. The summed E-state index contributed by atoms with van der Waals surface area (Å²) in [5, 5.41) is 0. The average Bonchev–Trinajstić information content (AvgIpc) is 2.82. The van der Waals surface area contributed by atoms with Crippen molar-refractivity contribution >= 4 is 15.9 Å². The highest BCUT2D eigenvalue weighted by atomic mass is 32.2. The van der Waals surface area contributed by atoms with Crippen molar-refractivity contribution < 1.29 is 31.8 Å². The standard InChI is InChI=1S/C22H27FN2O6S/c1-29-12-11-25(16-17-3-6-19(23)7-4-17)32(27,28)21-15-18(5-8-20(21)30-2)22(26)24-9-13-31-14-10-24/h3-8,15H,9-14,16H2,1-2H3. The molecule has 3 rings (SSSR count). The predicted molar refractivity (Wildman–Crippen MR) is 116 cm³/mol. The van der Waals surface area contributed by atoms with E-state index in [1.807, 2.05) is 0 Å². The van der Waals surface area contributed by atoms with Crippen LogP contribution in [0.4, 0.5) is 4.39 Å². The highest BCUT2D eigenvalue weighted by Gasteiger charge is 2.30. The maximum atomic E-state index is 13.6. The quantitative estimate of drug-likeness (QED) is 0.563. The van der Waals surface area contributed by atoms with Crippen LogP contribution in [0.5, 0.6) is 5.75 Å². The predicted octanol–water partition coefficient (Wildman–Crippen LogP) is 2.14. The molecule has 2 aromatic carbocycles.